The summed E-state index contributed by atoms with van der Waals surface area (Å²) in [5.41, 5.74) is 0. The molecule has 1 aromatic heterocycles. The van der Waals surface area contributed by atoms with Crippen molar-refractivity contribution in [1.29, 1.82) is 0 Å². The summed E-state index contributed by atoms with van der Waals surface area (Å²) in [5.74, 6) is 1.52. The van der Waals surface area contributed by atoms with Crippen LogP contribution >= 0.6 is 0 Å². The van der Waals surface area contributed by atoms with E-state index in [9.17, 15) is 8.42 Å². The average molecular weight is 355 g/mol. The predicted octanol–water partition coefficient (Wildman–Crippen LogP) is 0.584. The van der Waals surface area contributed by atoms with Gasteiger partial charge in [0.05, 0.1) is 7.11 Å². The number of methoxy groups -OCH3 is 1. The van der Waals surface area contributed by atoms with Crippen molar-refractivity contribution in [3.63, 3.8) is 0 Å². The number of piperidine rings is 1. The van der Waals surface area contributed by atoms with Gasteiger partial charge in [-0.3, -0.25) is 0 Å². The van der Waals surface area contributed by atoms with Crippen LogP contribution in [-0.2, 0) is 10.2 Å². The van der Waals surface area contributed by atoms with Crippen LogP contribution in [0.3, 0.4) is 0 Å². The number of rotatable bonds is 4. The van der Waals surface area contributed by atoms with E-state index in [1.807, 2.05) is 4.90 Å². The summed E-state index contributed by atoms with van der Waals surface area (Å²) in [7, 11) is -1.80. The van der Waals surface area contributed by atoms with Gasteiger partial charge in [-0.05, 0) is 18.8 Å². The Labute approximate surface area is 143 Å². The molecule has 24 heavy (non-hydrogen) atoms. The van der Waals surface area contributed by atoms with Gasteiger partial charge in [0.1, 0.15) is 0 Å². The van der Waals surface area contributed by atoms with Crippen LogP contribution in [0, 0.1) is 5.92 Å². The molecular formula is C15H25N5O3S. The first-order valence-electron chi connectivity index (χ1n) is 8.38. The zero-order valence-electron chi connectivity index (χ0n) is 14.3. The molecule has 2 aliphatic heterocycles. The first-order chi connectivity index (χ1) is 11.5. The Balaban J connectivity index is 1.63. The van der Waals surface area contributed by atoms with E-state index in [-0.39, 0.29) is 0 Å². The van der Waals surface area contributed by atoms with Gasteiger partial charge in [-0.25, -0.2) is 4.98 Å². The molecule has 0 bridgehead atoms. The number of nitrogens with zero attached hydrogens (tertiary/aromatic N) is 5. The van der Waals surface area contributed by atoms with Gasteiger partial charge in [-0.1, -0.05) is 6.92 Å². The molecule has 1 aromatic rings. The van der Waals surface area contributed by atoms with Gasteiger partial charge in [0.15, 0.2) is 0 Å². The third kappa shape index (κ3) is 3.62. The summed E-state index contributed by atoms with van der Waals surface area (Å²) in [6.07, 6.45) is 3.70. The van der Waals surface area contributed by atoms with E-state index in [2.05, 4.69) is 16.9 Å². The van der Waals surface area contributed by atoms with Crippen molar-refractivity contribution in [3.05, 3.63) is 12.3 Å². The summed E-state index contributed by atoms with van der Waals surface area (Å²) in [6.45, 7) is 5.43. The van der Waals surface area contributed by atoms with Crippen molar-refractivity contribution in [3.8, 4) is 5.88 Å². The molecular weight excluding hydrogens is 330 g/mol. The van der Waals surface area contributed by atoms with Crippen LogP contribution in [0.2, 0.25) is 0 Å². The molecule has 1 atom stereocenters. The van der Waals surface area contributed by atoms with Crippen molar-refractivity contribution in [2.45, 2.75) is 19.8 Å². The van der Waals surface area contributed by atoms with Crippen molar-refractivity contribution in [2.24, 2.45) is 5.92 Å². The van der Waals surface area contributed by atoms with Crippen LogP contribution in [0.4, 0.5) is 5.95 Å². The zero-order chi connectivity index (χ0) is 17.2. The fourth-order valence-electron chi connectivity index (χ4n) is 3.24. The molecule has 0 radical (unpaired) electrons. The number of aromatic nitrogens is 2. The second-order valence-electron chi connectivity index (χ2n) is 6.40. The van der Waals surface area contributed by atoms with E-state index in [1.54, 1.807) is 28.0 Å². The van der Waals surface area contributed by atoms with Gasteiger partial charge in [0, 0.05) is 51.5 Å². The Hall–Kier alpha value is -1.45. The average Bonchev–Trinajstić information content (AvgIpc) is 2.62. The molecule has 0 aliphatic carbocycles. The fraction of sp³-hybridized carbons (Fsp3) is 0.733. The van der Waals surface area contributed by atoms with Gasteiger partial charge in [-0.2, -0.15) is 22.0 Å². The Morgan fingerprint density at radius 3 is 2.58 bits per heavy atom. The summed E-state index contributed by atoms with van der Waals surface area (Å²) in [6, 6.07) is 1.70. The predicted molar refractivity (Wildman–Crippen MR) is 91.3 cm³/mol. The van der Waals surface area contributed by atoms with Crippen molar-refractivity contribution in [1.82, 2.24) is 18.6 Å². The lowest BCUT2D eigenvalue weighted by Gasteiger charge is -2.38. The minimum atomic E-state index is -3.36. The van der Waals surface area contributed by atoms with E-state index in [0.29, 0.717) is 57.0 Å². The highest BCUT2D eigenvalue weighted by atomic mass is 32.2. The molecule has 2 fully saturated rings. The maximum Gasteiger partial charge on any atom is 0.282 e. The van der Waals surface area contributed by atoms with Crippen LogP contribution in [-0.4, -0.2) is 73.4 Å². The molecule has 3 rings (SSSR count). The van der Waals surface area contributed by atoms with E-state index >= 15 is 0 Å². The molecule has 0 spiro atoms. The lowest BCUT2D eigenvalue weighted by molar-refractivity contribution is 0.254. The van der Waals surface area contributed by atoms with Gasteiger partial charge >= 0.3 is 0 Å². The van der Waals surface area contributed by atoms with Gasteiger partial charge in [0.25, 0.3) is 10.2 Å². The van der Waals surface area contributed by atoms with Crippen molar-refractivity contribution < 1.29 is 13.2 Å². The van der Waals surface area contributed by atoms with Crippen LogP contribution < -0.4 is 9.64 Å². The Morgan fingerprint density at radius 1 is 1.17 bits per heavy atom. The SMILES string of the molecule is COc1ccnc(N2CCN(S(=O)(=O)N3CCCC(C)C3)CC2)n1. The molecule has 0 N–H and O–H groups in total. The summed E-state index contributed by atoms with van der Waals surface area (Å²) in [5, 5.41) is 0. The van der Waals surface area contributed by atoms with Crippen LogP contribution in [0.1, 0.15) is 19.8 Å². The molecule has 0 aromatic carbocycles. The Kier molecular flexibility index (Phi) is 5.21. The number of hydrogen-bond donors (Lipinski definition) is 0. The number of hydrogen-bond acceptors (Lipinski definition) is 6. The van der Waals surface area contributed by atoms with Crippen molar-refractivity contribution >= 4 is 16.2 Å². The van der Waals surface area contributed by atoms with E-state index in [0.717, 1.165) is 12.8 Å². The topological polar surface area (TPSA) is 78.9 Å². The molecule has 0 saturated carbocycles. The second-order valence-corrected chi connectivity index (χ2v) is 8.33. The first-order valence-corrected chi connectivity index (χ1v) is 9.77. The lowest BCUT2D eigenvalue weighted by Crippen LogP contribution is -2.54. The smallest absolute Gasteiger partial charge is 0.282 e. The normalized spacial score (nSPS) is 24.1. The largest absolute Gasteiger partial charge is 0.481 e. The molecule has 0 amide bonds. The third-order valence-electron chi connectivity index (χ3n) is 4.62. The number of piperazine rings is 1. The van der Waals surface area contributed by atoms with Gasteiger partial charge in [0.2, 0.25) is 11.8 Å². The highest BCUT2D eigenvalue weighted by molar-refractivity contribution is 7.86. The molecule has 9 heteroatoms. The summed E-state index contributed by atoms with van der Waals surface area (Å²) < 4.78 is 34.0. The van der Waals surface area contributed by atoms with Gasteiger partial charge in [-0.15, -0.1) is 0 Å². The summed E-state index contributed by atoms with van der Waals surface area (Å²) in [4.78, 5) is 10.6. The van der Waals surface area contributed by atoms with E-state index in [4.69, 9.17) is 4.74 Å². The van der Waals surface area contributed by atoms with Crippen LogP contribution in [0.25, 0.3) is 0 Å². The van der Waals surface area contributed by atoms with Crippen LogP contribution in [0.5, 0.6) is 5.88 Å². The minimum absolute atomic E-state index is 0.431. The standard InChI is InChI=1S/C15H25N5O3S/c1-13-4-3-7-20(12-13)24(21,22)19-10-8-18(9-11-19)15-16-6-5-14(17-15)23-2/h5-6,13H,3-4,7-12H2,1-2H3. The maximum atomic E-state index is 12.8. The van der Waals surface area contributed by atoms with Crippen LogP contribution in [0.15, 0.2) is 12.3 Å². The maximum absolute atomic E-state index is 12.8. The molecule has 1 unspecified atom stereocenters. The monoisotopic (exact) mass is 355 g/mol. The minimum Gasteiger partial charge on any atom is -0.481 e. The number of anilines is 1. The second kappa shape index (κ2) is 7.20. The van der Waals surface area contributed by atoms with Gasteiger partial charge < -0.3 is 9.64 Å². The highest BCUT2D eigenvalue weighted by Gasteiger charge is 2.34. The molecule has 8 nitrogen and oxygen atoms in total. The molecule has 3 heterocycles. The van der Waals surface area contributed by atoms with Crippen molar-refractivity contribution in [2.75, 3.05) is 51.3 Å². The Bertz CT molecular complexity index is 661. The molecule has 2 aliphatic rings. The zero-order valence-corrected chi connectivity index (χ0v) is 15.1. The highest BCUT2D eigenvalue weighted by Crippen LogP contribution is 2.22. The third-order valence-corrected chi connectivity index (χ3v) is 6.62. The summed E-state index contributed by atoms with van der Waals surface area (Å²) >= 11 is 0. The van der Waals surface area contributed by atoms with E-state index in [1.165, 1.54) is 0 Å². The number of ether oxygens (including phenoxy) is 1. The fourth-order valence-corrected chi connectivity index (χ4v) is 4.99. The molecule has 134 valence electrons. The first kappa shape index (κ1) is 17.4. The quantitative estimate of drug-likeness (QED) is 0.786. The molecule has 2 saturated heterocycles. The van der Waals surface area contributed by atoms with E-state index < -0.39 is 10.2 Å². The lowest BCUT2D eigenvalue weighted by atomic mass is 10.0. The Morgan fingerprint density at radius 2 is 1.92 bits per heavy atom.